The molecule has 0 aliphatic heterocycles. The van der Waals surface area contributed by atoms with Gasteiger partial charge in [0.1, 0.15) is 17.1 Å². The second-order valence-electron chi connectivity index (χ2n) is 4.74. The maximum absolute atomic E-state index is 9.71. The van der Waals surface area contributed by atoms with E-state index in [-0.39, 0.29) is 0 Å². The van der Waals surface area contributed by atoms with Gasteiger partial charge in [0.15, 0.2) is 0 Å². The summed E-state index contributed by atoms with van der Waals surface area (Å²) in [5.74, 6) is 1.32. The quantitative estimate of drug-likeness (QED) is 0.799. The molecule has 0 aliphatic carbocycles. The van der Waals surface area contributed by atoms with Crippen LogP contribution in [0.3, 0.4) is 0 Å². The van der Waals surface area contributed by atoms with E-state index in [1.165, 1.54) is 0 Å². The van der Waals surface area contributed by atoms with Crippen molar-refractivity contribution in [3.63, 3.8) is 0 Å². The van der Waals surface area contributed by atoms with Crippen molar-refractivity contribution in [1.82, 2.24) is 0 Å². The summed E-state index contributed by atoms with van der Waals surface area (Å²) in [6, 6.07) is 3.68. The van der Waals surface area contributed by atoms with Crippen LogP contribution in [-0.4, -0.2) is 5.11 Å². The number of aryl methyl sites for hydroxylation is 3. The molecule has 1 aromatic heterocycles. The number of rotatable bonds is 3. The summed E-state index contributed by atoms with van der Waals surface area (Å²) < 4.78 is 5.83. The Hall–Kier alpha value is -1.70. The first-order valence-electron chi connectivity index (χ1n) is 5.85. The molecular weight excluding hydrogens is 212 g/mol. The Bertz CT molecular complexity index is 576. The molecule has 0 spiro atoms. The molecule has 0 unspecified atom stereocenters. The smallest absolute Gasteiger partial charge is 0.135 e. The summed E-state index contributed by atoms with van der Waals surface area (Å²) in [5.41, 5.74) is 3.98. The molecule has 0 saturated heterocycles. The van der Waals surface area contributed by atoms with Crippen LogP contribution in [-0.2, 0) is 6.42 Å². The molecule has 2 nitrogen and oxygen atoms in total. The fourth-order valence-electron chi connectivity index (χ4n) is 1.97. The van der Waals surface area contributed by atoms with Crippen molar-refractivity contribution < 1.29 is 9.52 Å². The zero-order chi connectivity index (χ0) is 12.6. The number of benzene rings is 1. The molecule has 0 radical (unpaired) electrons. The predicted octanol–water partition coefficient (Wildman–Crippen LogP) is 4.26. The summed E-state index contributed by atoms with van der Waals surface area (Å²) in [4.78, 5) is 0. The molecule has 0 atom stereocenters. The summed E-state index contributed by atoms with van der Waals surface area (Å²) in [7, 11) is 0. The standard InChI is InChI=1S/C15H18O2/c1-9(2)5-6-14-11(4)12-8-13(16)10(3)7-15(12)17-14/h7-8,16H,1,5-6H2,2-4H3. The van der Waals surface area contributed by atoms with Crippen molar-refractivity contribution in [3.8, 4) is 5.75 Å². The number of phenolic OH excluding ortho intramolecular Hbond substituents is 1. The maximum atomic E-state index is 9.71. The van der Waals surface area contributed by atoms with E-state index in [0.29, 0.717) is 5.75 Å². The molecule has 1 heterocycles. The van der Waals surface area contributed by atoms with Gasteiger partial charge in [-0.15, -0.1) is 6.58 Å². The van der Waals surface area contributed by atoms with Gasteiger partial charge in [-0.1, -0.05) is 5.57 Å². The van der Waals surface area contributed by atoms with E-state index in [1.807, 2.05) is 26.8 Å². The Labute approximate surface area is 102 Å². The zero-order valence-electron chi connectivity index (χ0n) is 10.6. The van der Waals surface area contributed by atoms with Crippen molar-refractivity contribution in [2.24, 2.45) is 0 Å². The van der Waals surface area contributed by atoms with E-state index < -0.39 is 0 Å². The number of allylic oxidation sites excluding steroid dienone is 1. The van der Waals surface area contributed by atoms with Crippen molar-refractivity contribution in [3.05, 3.63) is 41.2 Å². The minimum absolute atomic E-state index is 0.327. The van der Waals surface area contributed by atoms with Gasteiger partial charge >= 0.3 is 0 Å². The second-order valence-corrected chi connectivity index (χ2v) is 4.74. The van der Waals surface area contributed by atoms with Crippen LogP contribution in [0.25, 0.3) is 11.0 Å². The first kappa shape index (κ1) is 11.8. The molecule has 1 N–H and O–H groups in total. The van der Waals surface area contributed by atoms with Gasteiger partial charge in [-0.2, -0.15) is 0 Å². The Kier molecular flexibility index (Phi) is 2.97. The van der Waals surface area contributed by atoms with E-state index >= 15 is 0 Å². The van der Waals surface area contributed by atoms with Crippen molar-refractivity contribution in [1.29, 1.82) is 0 Å². The molecule has 1 aromatic carbocycles. The monoisotopic (exact) mass is 230 g/mol. The Morgan fingerprint density at radius 1 is 1.35 bits per heavy atom. The molecular formula is C15H18O2. The maximum Gasteiger partial charge on any atom is 0.135 e. The second kappa shape index (κ2) is 4.28. The number of hydrogen-bond donors (Lipinski definition) is 1. The molecule has 0 aliphatic rings. The van der Waals surface area contributed by atoms with Gasteiger partial charge in [0.25, 0.3) is 0 Å². The van der Waals surface area contributed by atoms with E-state index in [0.717, 1.165) is 46.3 Å². The lowest BCUT2D eigenvalue weighted by Crippen LogP contribution is -1.85. The average molecular weight is 230 g/mol. The van der Waals surface area contributed by atoms with Crippen LogP contribution in [0.15, 0.2) is 28.7 Å². The van der Waals surface area contributed by atoms with Crippen LogP contribution in [0.4, 0.5) is 0 Å². The predicted molar refractivity (Wildman–Crippen MR) is 70.5 cm³/mol. The molecule has 0 amide bonds. The van der Waals surface area contributed by atoms with E-state index in [9.17, 15) is 5.11 Å². The van der Waals surface area contributed by atoms with Crippen molar-refractivity contribution >= 4 is 11.0 Å². The van der Waals surface area contributed by atoms with Gasteiger partial charge in [0.2, 0.25) is 0 Å². The normalized spacial score (nSPS) is 11.0. The third kappa shape index (κ3) is 2.21. The summed E-state index contributed by atoms with van der Waals surface area (Å²) in [6.07, 6.45) is 1.81. The first-order valence-corrected chi connectivity index (χ1v) is 5.85. The van der Waals surface area contributed by atoms with Gasteiger partial charge in [0, 0.05) is 11.8 Å². The van der Waals surface area contributed by atoms with Crippen LogP contribution in [0.2, 0.25) is 0 Å². The van der Waals surface area contributed by atoms with Crippen LogP contribution in [0.5, 0.6) is 5.75 Å². The topological polar surface area (TPSA) is 33.4 Å². The molecule has 0 fully saturated rings. The summed E-state index contributed by atoms with van der Waals surface area (Å²) >= 11 is 0. The van der Waals surface area contributed by atoms with Gasteiger partial charge in [-0.25, -0.2) is 0 Å². The van der Waals surface area contributed by atoms with Crippen molar-refractivity contribution in [2.75, 3.05) is 0 Å². The highest BCUT2D eigenvalue weighted by molar-refractivity contribution is 5.84. The average Bonchev–Trinajstić information content (AvgIpc) is 2.54. The fraction of sp³-hybridized carbons (Fsp3) is 0.333. The molecule has 0 saturated carbocycles. The zero-order valence-corrected chi connectivity index (χ0v) is 10.6. The first-order chi connectivity index (χ1) is 7.99. The van der Waals surface area contributed by atoms with Crippen LogP contribution in [0.1, 0.15) is 30.2 Å². The minimum atomic E-state index is 0.327. The molecule has 2 rings (SSSR count). The Morgan fingerprint density at radius 2 is 2.06 bits per heavy atom. The number of hydrogen-bond acceptors (Lipinski definition) is 2. The lowest BCUT2D eigenvalue weighted by molar-refractivity contribution is 0.471. The highest BCUT2D eigenvalue weighted by atomic mass is 16.3. The number of fused-ring (bicyclic) bond motifs is 1. The largest absolute Gasteiger partial charge is 0.508 e. The highest BCUT2D eigenvalue weighted by Gasteiger charge is 2.12. The SMILES string of the molecule is C=C(C)CCc1oc2cc(C)c(O)cc2c1C. The highest BCUT2D eigenvalue weighted by Crippen LogP contribution is 2.31. The fourth-order valence-corrected chi connectivity index (χ4v) is 1.97. The van der Waals surface area contributed by atoms with Crippen molar-refractivity contribution in [2.45, 2.75) is 33.6 Å². The lowest BCUT2D eigenvalue weighted by Gasteiger charge is -1.98. The third-order valence-corrected chi connectivity index (χ3v) is 3.13. The third-order valence-electron chi connectivity index (χ3n) is 3.13. The van der Waals surface area contributed by atoms with Gasteiger partial charge < -0.3 is 9.52 Å². The van der Waals surface area contributed by atoms with Gasteiger partial charge in [-0.3, -0.25) is 0 Å². The Balaban J connectivity index is 2.45. The molecule has 17 heavy (non-hydrogen) atoms. The number of phenols is 1. The molecule has 90 valence electrons. The van der Waals surface area contributed by atoms with E-state index in [2.05, 4.69) is 6.58 Å². The minimum Gasteiger partial charge on any atom is -0.508 e. The van der Waals surface area contributed by atoms with E-state index in [1.54, 1.807) is 6.07 Å². The van der Waals surface area contributed by atoms with Crippen LogP contribution >= 0.6 is 0 Å². The number of aromatic hydroxyl groups is 1. The van der Waals surface area contributed by atoms with Crippen LogP contribution < -0.4 is 0 Å². The molecule has 2 heteroatoms. The van der Waals surface area contributed by atoms with E-state index in [4.69, 9.17) is 4.42 Å². The lowest BCUT2D eigenvalue weighted by atomic mass is 10.1. The molecule has 2 aromatic rings. The Morgan fingerprint density at radius 3 is 2.71 bits per heavy atom. The van der Waals surface area contributed by atoms with Gasteiger partial charge in [-0.05, 0) is 50.5 Å². The summed E-state index contributed by atoms with van der Waals surface area (Å²) in [6.45, 7) is 9.83. The molecule has 0 bridgehead atoms. The summed E-state index contributed by atoms with van der Waals surface area (Å²) in [5, 5.41) is 10.7. The van der Waals surface area contributed by atoms with Gasteiger partial charge in [0.05, 0.1) is 0 Å². The number of furan rings is 1. The van der Waals surface area contributed by atoms with Crippen LogP contribution in [0, 0.1) is 13.8 Å².